The van der Waals surface area contributed by atoms with E-state index in [2.05, 4.69) is 9.44 Å². The van der Waals surface area contributed by atoms with Crippen LogP contribution in [-0.2, 0) is 20.0 Å². The highest BCUT2D eigenvalue weighted by atomic mass is 32.2. The van der Waals surface area contributed by atoms with Crippen molar-refractivity contribution >= 4 is 42.2 Å². The van der Waals surface area contributed by atoms with E-state index in [0.29, 0.717) is 22.1 Å². The fraction of sp³-hybridized carbons (Fsp3) is 0. The molecule has 0 spiro atoms. The Balaban J connectivity index is 1.74. The summed E-state index contributed by atoms with van der Waals surface area (Å²) < 4.78 is 56.1. The lowest BCUT2D eigenvalue weighted by atomic mass is 10.1. The van der Waals surface area contributed by atoms with Gasteiger partial charge in [-0.05, 0) is 36.4 Å². The number of anilines is 2. The number of rotatable bonds is 6. The molecule has 6 nitrogen and oxygen atoms in total. The monoisotopic (exact) mass is 438 g/mol. The van der Waals surface area contributed by atoms with Gasteiger partial charge in [0.2, 0.25) is 0 Å². The van der Waals surface area contributed by atoms with Gasteiger partial charge in [-0.2, -0.15) is 0 Å². The molecule has 0 aliphatic heterocycles. The minimum Gasteiger partial charge on any atom is -0.279 e. The average molecular weight is 439 g/mol. The molecule has 4 rings (SSSR count). The third kappa shape index (κ3) is 4.00. The van der Waals surface area contributed by atoms with Crippen LogP contribution in [0.15, 0.2) is 107 Å². The van der Waals surface area contributed by atoms with Crippen LogP contribution in [0.2, 0.25) is 0 Å². The van der Waals surface area contributed by atoms with Crippen LogP contribution in [0.5, 0.6) is 0 Å². The number of hydrogen-bond acceptors (Lipinski definition) is 4. The van der Waals surface area contributed by atoms with E-state index in [9.17, 15) is 16.8 Å². The van der Waals surface area contributed by atoms with Crippen molar-refractivity contribution in [3.05, 3.63) is 97.1 Å². The van der Waals surface area contributed by atoms with Crippen LogP contribution in [0.1, 0.15) is 0 Å². The Morgan fingerprint density at radius 3 is 1.17 bits per heavy atom. The lowest BCUT2D eigenvalue weighted by molar-refractivity contribution is 0.599. The van der Waals surface area contributed by atoms with Crippen LogP contribution in [0.4, 0.5) is 11.4 Å². The van der Waals surface area contributed by atoms with Gasteiger partial charge in [0.05, 0.1) is 21.2 Å². The van der Waals surface area contributed by atoms with Gasteiger partial charge in [0.25, 0.3) is 20.0 Å². The highest BCUT2D eigenvalue weighted by molar-refractivity contribution is 7.93. The van der Waals surface area contributed by atoms with E-state index in [1.807, 2.05) is 0 Å². The Morgan fingerprint density at radius 2 is 0.800 bits per heavy atom. The summed E-state index contributed by atoms with van der Waals surface area (Å²) in [7, 11) is -7.57. The van der Waals surface area contributed by atoms with Crippen LogP contribution in [-0.4, -0.2) is 16.8 Å². The van der Waals surface area contributed by atoms with Gasteiger partial charge in [-0.1, -0.05) is 60.7 Å². The Kier molecular flexibility index (Phi) is 5.19. The molecule has 8 heteroatoms. The van der Waals surface area contributed by atoms with Gasteiger partial charge in [-0.15, -0.1) is 0 Å². The smallest absolute Gasteiger partial charge is 0.261 e. The van der Waals surface area contributed by atoms with Crippen molar-refractivity contribution in [3.63, 3.8) is 0 Å². The molecule has 0 radical (unpaired) electrons. The van der Waals surface area contributed by atoms with Gasteiger partial charge in [-0.25, -0.2) is 16.8 Å². The molecule has 0 saturated heterocycles. The zero-order valence-electron chi connectivity index (χ0n) is 15.7. The van der Waals surface area contributed by atoms with Gasteiger partial charge >= 0.3 is 0 Å². The molecular weight excluding hydrogens is 420 g/mol. The molecule has 30 heavy (non-hydrogen) atoms. The first kappa shape index (κ1) is 19.9. The highest BCUT2D eigenvalue weighted by Gasteiger charge is 2.18. The molecule has 0 aromatic heterocycles. The Morgan fingerprint density at radius 1 is 0.433 bits per heavy atom. The minimum absolute atomic E-state index is 0.142. The first-order chi connectivity index (χ1) is 14.4. The van der Waals surface area contributed by atoms with E-state index in [4.69, 9.17) is 0 Å². The lowest BCUT2D eigenvalue weighted by Gasteiger charge is -2.14. The Labute approximate surface area is 175 Å². The van der Waals surface area contributed by atoms with Crippen LogP contribution >= 0.6 is 0 Å². The summed E-state index contributed by atoms with van der Waals surface area (Å²) >= 11 is 0. The molecule has 0 bridgehead atoms. The van der Waals surface area contributed by atoms with Crippen LogP contribution < -0.4 is 9.44 Å². The van der Waals surface area contributed by atoms with E-state index in [1.165, 1.54) is 24.3 Å². The molecule has 0 aliphatic rings. The summed E-state index contributed by atoms with van der Waals surface area (Å²) in [5, 5.41) is 1.15. The molecule has 0 heterocycles. The maximum atomic E-state index is 12.7. The minimum atomic E-state index is -3.78. The fourth-order valence-electron chi connectivity index (χ4n) is 3.09. The molecule has 0 saturated carbocycles. The second-order valence-corrected chi connectivity index (χ2v) is 9.91. The molecule has 4 aromatic carbocycles. The summed E-state index contributed by atoms with van der Waals surface area (Å²) in [5.41, 5.74) is 0.717. The molecule has 152 valence electrons. The van der Waals surface area contributed by atoms with Crippen LogP contribution in [0.25, 0.3) is 10.8 Å². The normalized spacial score (nSPS) is 11.9. The fourth-order valence-corrected chi connectivity index (χ4v) is 5.30. The van der Waals surface area contributed by atoms with Gasteiger partial charge in [0.15, 0.2) is 0 Å². The maximum Gasteiger partial charge on any atom is 0.261 e. The number of nitrogens with one attached hydrogen (secondary N) is 2. The summed E-state index contributed by atoms with van der Waals surface area (Å²) in [5.74, 6) is 0. The standard InChI is InChI=1S/C22H18N2O4S2/c25-29(26,17-9-3-1-4-10-17)23-21-15-7-14-20-19(21)13-8-16-22(20)24-30(27,28)18-11-5-2-6-12-18/h1-16,23-24H. The molecule has 0 atom stereocenters. The SMILES string of the molecule is O=S(=O)(Nc1cccc2c(NS(=O)(=O)c3ccccc3)cccc12)c1ccccc1. The first-order valence-electron chi connectivity index (χ1n) is 9.04. The lowest BCUT2D eigenvalue weighted by Crippen LogP contribution is -2.14. The van der Waals surface area contributed by atoms with Crippen molar-refractivity contribution in [3.8, 4) is 0 Å². The third-order valence-corrected chi connectivity index (χ3v) is 7.28. The van der Waals surface area contributed by atoms with Gasteiger partial charge < -0.3 is 0 Å². The van der Waals surface area contributed by atoms with Gasteiger partial charge in [-0.3, -0.25) is 9.44 Å². The summed E-state index contributed by atoms with van der Waals surface area (Å²) in [6, 6.07) is 26.2. The number of benzene rings is 4. The topological polar surface area (TPSA) is 92.3 Å². The van der Waals surface area contributed by atoms with Crippen molar-refractivity contribution < 1.29 is 16.8 Å². The summed E-state index contributed by atoms with van der Waals surface area (Å²) in [6.07, 6.45) is 0. The van der Waals surface area contributed by atoms with E-state index in [-0.39, 0.29) is 9.79 Å². The number of fused-ring (bicyclic) bond motifs is 1. The molecule has 0 amide bonds. The maximum absolute atomic E-state index is 12.7. The number of sulfonamides is 2. The van der Waals surface area contributed by atoms with E-state index < -0.39 is 20.0 Å². The quantitative estimate of drug-likeness (QED) is 0.465. The molecule has 0 unspecified atom stereocenters. The van der Waals surface area contributed by atoms with Crippen molar-refractivity contribution in [2.45, 2.75) is 9.79 Å². The first-order valence-corrected chi connectivity index (χ1v) is 12.0. The van der Waals surface area contributed by atoms with E-state index >= 15 is 0 Å². The second kappa shape index (κ2) is 7.81. The van der Waals surface area contributed by atoms with Crippen molar-refractivity contribution in [2.24, 2.45) is 0 Å². The molecule has 4 aromatic rings. The summed E-state index contributed by atoms with van der Waals surface area (Å²) in [4.78, 5) is 0.283. The molecule has 0 aliphatic carbocycles. The zero-order chi connectivity index (χ0) is 21.2. The van der Waals surface area contributed by atoms with Gasteiger partial charge in [0.1, 0.15) is 0 Å². The molecule has 0 fully saturated rings. The van der Waals surface area contributed by atoms with Crippen molar-refractivity contribution in [1.82, 2.24) is 0 Å². The van der Waals surface area contributed by atoms with E-state index in [1.54, 1.807) is 72.8 Å². The van der Waals surface area contributed by atoms with Crippen LogP contribution in [0, 0.1) is 0 Å². The number of hydrogen-bond donors (Lipinski definition) is 2. The van der Waals surface area contributed by atoms with Crippen molar-refractivity contribution in [2.75, 3.05) is 9.44 Å². The third-order valence-electron chi connectivity index (χ3n) is 4.52. The van der Waals surface area contributed by atoms with Gasteiger partial charge in [0, 0.05) is 10.8 Å². The van der Waals surface area contributed by atoms with Crippen molar-refractivity contribution in [1.29, 1.82) is 0 Å². The Hall–Kier alpha value is -3.36. The predicted octanol–water partition coefficient (Wildman–Crippen LogP) is 4.44. The largest absolute Gasteiger partial charge is 0.279 e. The second-order valence-electron chi connectivity index (χ2n) is 6.54. The Bertz CT molecular complexity index is 1290. The zero-order valence-corrected chi connectivity index (χ0v) is 17.3. The van der Waals surface area contributed by atoms with E-state index in [0.717, 1.165) is 0 Å². The van der Waals surface area contributed by atoms with Crippen LogP contribution in [0.3, 0.4) is 0 Å². The molecular formula is C22H18N2O4S2. The average Bonchev–Trinajstić information content (AvgIpc) is 2.75. The summed E-state index contributed by atoms with van der Waals surface area (Å²) in [6.45, 7) is 0. The molecule has 2 N–H and O–H groups in total. The predicted molar refractivity (Wildman–Crippen MR) is 118 cm³/mol. The highest BCUT2D eigenvalue weighted by Crippen LogP contribution is 2.31.